The highest BCUT2D eigenvalue weighted by atomic mass is 35.5. The number of carbonyl (C=O) groups is 1. The van der Waals surface area contributed by atoms with E-state index in [0.29, 0.717) is 28.7 Å². The lowest BCUT2D eigenvalue weighted by molar-refractivity contribution is 0.0924. The first kappa shape index (κ1) is 14.2. The average Bonchev–Trinajstić information content (AvgIpc) is 2.92. The Kier molecular flexibility index (Phi) is 4.66. The van der Waals surface area contributed by atoms with Gasteiger partial charge in [0.1, 0.15) is 0 Å². The van der Waals surface area contributed by atoms with Crippen LogP contribution in [-0.4, -0.2) is 18.5 Å². The molecular formula is C14H20ClN3O. The van der Waals surface area contributed by atoms with Gasteiger partial charge in [-0.05, 0) is 37.0 Å². The van der Waals surface area contributed by atoms with E-state index in [-0.39, 0.29) is 11.9 Å². The van der Waals surface area contributed by atoms with Crippen LogP contribution in [-0.2, 0) is 0 Å². The third-order valence-electron chi connectivity index (χ3n) is 3.80. The molecule has 0 heterocycles. The van der Waals surface area contributed by atoms with Crippen molar-refractivity contribution < 1.29 is 4.79 Å². The van der Waals surface area contributed by atoms with Crippen LogP contribution in [0.2, 0.25) is 5.02 Å². The van der Waals surface area contributed by atoms with Gasteiger partial charge in [0, 0.05) is 18.2 Å². The lowest BCUT2D eigenvalue weighted by Gasteiger charge is -2.23. The summed E-state index contributed by atoms with van der Waals surface area (Å²) in [6, 6.07) is 4.96. The summed E-state index contributed by atoms with van der Waals surface area (Å²) in [6.07, 6.45) is 4.74. The molecular weight excluding hydrogens is 262 g/mol. The fraction of sp³-hybridized carbons (Fsp3) is 0.500. The third-order valence-corrected chi connectivity index (χ3v) is 4.14. The molecule has 0 radical (unpaired) electrons. The number of nitrogens with one attached hydrogen (secondary N) is 1. The van der Waals surface area contributed by atoms with Crippen molar-refractivity contribution in [1.82, 2.24) is 5.32 Å². The summed E-state index contributed by atoms with van der Waals surface area (Å²) >= 11 is 5.85. The Hall–Kier alpha value is -1.26. The van der Waals surface area contributed by atoms with Gasteiger partial charge in [-0.1, -0.05) is 24.4 Å². The summed E-state index contributed by atoms with van der Waals surface area (Å²) in [5.74, 6) is 0.365. The molecule has 5 N–H and O–H groups in total. The van der Waals surface area contributed by atoms with E-state index in [1.54, 1.807) is 18.2 Å². The fourth-order valence-electron chi connectivity index (χ4n) is 2.67. The minimum Gasteiger partial charge on any atom is -0.398 e. The number of hydrogen-bond donors (Lipinski definition) is 3. The van der Waals surface area contributed by atoms with Gasteiger partial charge in [0.2, 0.25) is 0 Å². The summed E-state index contributed by atoms with van der Waals surface area (Å²) in [5.41, 5.74) is 12.4. The van der Waals surface area contributed by atoms with Gasteiger partial charge in [0.05, 0.1) is 10.7 Å². The molecule has 1 aliphatic rings. The Morgan fingerprint density at radius 3 is 2.68 bits per heavy atom. The molecule has 2 rings (SSSR count). The zero-order valence-corrected chi connectivity index (χ0v) is 11.6. The van der Waals surface area contributed by atoms with Crippen LogP contribution < -0.4 is 16.8 Å². The molecule has 1 aromatic rings. The highest BCUT2D eigenvalue weighted by Crippen LogP contribution is 2.27. The monoisotopic (exact) mass is 281 g/mol. The number of anilines is 1. The molecule has 104 valence electrons. The summed E-state index contributed by atoms with van der Waals surface area (Å²) < 4.78 is 0. The van der Waals surface area contributed by atoms with Crippen LogP contribution >= 0.6 is 11.6 Å². The van der Waals surface area contributed by atoms with E-state index >= 15 is 0 Å². The number of carbonyl (C=O) groups excluding carboxylic acids is 1. The van der Waals surface area contributed by atoms with Crippen LogP contribution in [0.5, 0.6) is 0 Å². The average molecular weight is 282 g/mol. The molecule has 0 aromatic heterocycles. The van der Waals surface area contributed by atoms with Crippen LogP contribution in [0, 0.1) is 5.92 Å². The molecule has 0 spiro atoms. The van der Waals surface area contributed by atoms with Gasteiger partial charge in [-0.15, -0.1) is 0 Å². The second-order valence-corrected chi connectivity index (χ2v) is 5.50. The topological polar surface area (TPSA) is 81.1 Å². The van der Waals surface area contributed by atoms with E-state index in [4.69, 9.17) is 23.1 Å². The SMILES string of the molecule is NCC(NC(=O)c1ccc(Cl)c(N)c1)C1CCCC1. The quantitative estimate of drug-likeness (QED) is 0.740. The second kappa shape index (κ2) is 6.26. The number of nitrogens with two attached hydrogens (primary N) is 2. The summed E-state index contributed by atoms with van der Waals surface area (Å²) in [5, 5.41) is 3.47. The van der Waals surface area contributed by atoms with Crippen LogP contribution in [0.1, 0.15) is 36.0 Å². The van der Waals surface area contributed by atoms with Crippen molar-refractivity contribution >= 4 is 23.2 Å². The maximum absolute atomic E-state index is 12.2. The molecule has 1 unspecified atom stereocenters. The molecule has 1 fully saturated rings. The molecule has 0 saturated heterocycles. The first-order valence-corrected chi connectivity index (χ1v) is 7.05. The van der Waals surface area contributed by atoms with Gasteiger partial charge < -0.3 is 16.8 Å². The van der Waals surface area contributed by atoms with Crippen molar-refractivity contribution in [3.8, 4) is 0 Å². The number of benzene rings is 1. The van der Waals surface area contributed by atoms with Gasteiger partial charge in [0.25, 0.3) is 5.91 Å². The van der Waals surface area contributed by atoms with Gasteiger partial charge in [-0.2, -0.15) is 0 Å². The molecule has 19 heavy (non-hydrogen) atoms. The third kappa shape index (κ3) is 3.39. The molecule has 1 atom stereocenters. The molecule has 0 bridgehead atoms. The lowest BCUT2D eigenvalue weighted by Crippen LogP contribution is -2.44. The maximum Gasteiger partial charge on any atom is 0.251 e. The predicted octanol–water partition coefficient (Wildman–Crippen LogP) is 2.17. The Bertz CT molecular complexity index is 458. The smallest absolute Gasteiger partial charge is 0.251 e. The maximum atomic E-state index is 12.2. The van der Waals surface area contributed by atoms with E-state index < -0.39 is 0 Å². The Morgan fingerprint density at radius 1 is 1.42 bits per heavy atom. The Balaban J connectivity index is 2.04. The van der Waals surface area contributed by atoms with Gasteiger partial charge in [-0.25, -0.2) is 0 Å². The zero-order chi connectivity index (χ0) is 13.8. The van der Waals surface area contributed by atoms with Gasteiger partial charge in [0.15, 0.2) is 0 Å². The molecule has 1 saturated carbocycles. The molecule has 4 nitrogen and oxygen atoms in total. The highest BCUT2D eigenvalue weighted by molar-refractivity contribution is 6.33. The number of hydrogen-bond acceptors (Lipinski definition) is 3. The van der Waals surface area contributed by atoms with Crippen molar-refractivity contribution in [2.24, 2.45) is 11.7 Å². The number of nitrogen functional groups attached to an aromatic ring is 1. The van der Waals surface area contributed by atoms with Crippen LogP contribution in [0.4, 0.5) is 5.69 Å². The molecule has 0 aliphatic heterocycles. The zero-order valence-electron chi connectivity index (χ0n) is 10.9. The Morgan fingerprint density at radius 2 is 2.11 bits per heavy atom. The number of amides is 1. The summed E-state index contributed by atoms with van der Waals surface area (Å²) in [7, 11) is 0. The fourth-order valence-corrected chi connectivity index (χ4v) is 2.78. The normalized spacial score (nSPS) is 17.4. The minimum atomic E-state index is -0.134. The summed E-state index contributed by atoms with van der Waals surface area (Å²) in [4.78, 5) is 12.2. The van der Waals surface area contributed by atoms with E-state index in [9.17, 15) is 4.79 Å². The second-order valence-electron chi connectivity index (χ2n) is 5.10. The van der Waals surface area contributed by atoms with E-state index in [1.165, 1.54) is 12.8 Å². The van der Waals surface area contributed by atoms with Crippen molar-refractivity contribution in [2.75, 3.05) is 12.3 Å². The van der Waals surface area contributed by atoms with Crippen molar-refractivity contribution in [3.05, 3.63) is 28.8 Å². The van der Waals surface area contributed by atoms with Crippen molar-refractivity contribution in [1.29, 1.82) is 0 Å². The predicted molar refractivity (Wildman–Crippen MR) is 78.1 cm³/mol. The standard InChI is InChI=1S/C14H20ClN3O/c15-11-6-5-10(7-12(11)17)14(19)18-13(8-16)9-3-1-2-4-9/h5-7,9,13H,1-4,8,16-17H2,(H,18,19). The lowest BCUT2D eigenvalue weighted by atomic mass is 9.98. The molecule has 1 amide bonds. The van der Waals surface area contributed by atoms with Crippen LogP contribution in [0.25, 0.3) is 0 Å². The van der Waals surface area contributed by atoms with Gasteiger partial charge in [-0.3, -0.25) is 4.79 Å². The van der Waals surface area contributed by atoms with Gasteiger partial charge >= 0.3 is 0 Å². The van der Waals surface area contributed by atoms with E-state index in [0.717, 1.165) is 12.8 Å². The van der Waals surface area contributed by atoms with Crippen molar-refractivity contribution in [2.45, 2.75) is 31.7 Å². The first-order chi connectivity index (χ1) is 9.11. The molecule has 1 aromatic carbocycles. The number of halogens is 1. The van der Waals surface area contributed by atoms with E-state index in [1.807, 2.05) is 0 Å². The van der Waals surface area contributed by atoms with Crippen LogP contribution in [0.3, 0.4) is 0 Å². The van der Waals surface area contributed by atoms with Crippen LogP contribution in [0.15, 0.2) is 18.2 Å². The largest absolute Gasteiger partial charge is 0.398 e. The Labute approximate surface area is 118 Å². The summed E-state index contributed by atoms with van der Waals surface area (Å²) in [6.45, 7) is 0.472. The highest BCUT2D eigenvalue weighted by Gasteiger charge is 2.25. The number of rotatable bonds is 4. The first-order valence-electron chi connectivity index (χ1n) is 6.67. The molecule has 5 heteroatoms. The minimum absolute atomic E-state index is 0.0481. The molecule has 1 aliphatic carbocycles. The van der Waals surface area contributed by atoms with Crippen molar-refractivity contribution in [3.63, 3.8) is 0 Å². The van der Waals surface area contributed by atoms with E-state index in [2.05, 4.69) is 5.32 Å².